The molecule has 1 N–H and O–H groups in total. The van der Waals surface area contributed by atoms with Crippen molar-refractivity contribution in [2.45, 2.75) is 31.0 Å². The molecule has 33 heavy (non-hydrogen) atoms. The van der Waals surface area contributed by atoms with Gasteiger partial charge in [0.05, 0.1) is 6.54 Å². The van der Waals surface area contributed by atoms with Crippen LogP contribution in [0.4, 0.5) is 8.78 Å². The summed E-state index contributed by atoms with van der Waals surface area (Å²) in [7, 11) is 0. The zero-order valence-electron chi connectivity index (χ0n) is 17.8. The molecule has 0 unspecified atom stereocenters. The van der Waals surface area contributed by atoms with Crippen molar-refractivity contribution in [3.63, 3.8) is 0 Å². The average Bonchev–Trinajstić information content (AvgIpc) is 3.17. The molecule has 0 bridgehead atoms. The van der Waals surface area contributed by atoms with E-state index in [2.05, 4.69) is 31.6 Å². The van der Waals surface area contributed by atoms with Crippen LogP contribution in [0.1, 0.15) is 22.5 Å². The smallest absolute Gasteiger partial charge is 0.210 e. The van der Waals surface area contributed by atoms with Crippen molar-refractivity contribution in [2.24, 2.45) is 0 Å². The summed E-state index contributed by atoms with van der Waals surface area (Å²) in [5.74, 6) is 1.56. The largest absolute Gasteiger partial charge is 0.489 e. The molecule has 0 saturated heterocycles. The second-order valence-corrected chi connectivity index (χ2v) is 9.14. The van der Waals surface area contributed by atoms with Crippen LogP contribution in [0.3, 0.4) is 0 Å². The Hall–Kier alpha value is -2.91. The monoisotopic (exact) mass is 530 g/mol. The summed E-state index contributed by atoms with van der Waals surface area (Å²) in [6.45, 7) is 2.68. The second-order valence-electron chi connectivity index (χ2n) is 7.28. The van der Waals surface area contributed by atoms with Crippen LogP contribution in [-0.2, 0) is 18.9 Å². The predicted molar refractivity (Wildman–Crippen MR) is 129 cm³/mol. The Kier molecular flexibility index (Phi) is 7.61. The van der Waals surface area contributed by atoms with Gasteiger partial charge in [0.2, 0.25) is 5.16 Å². The Morgan fingerprint density at radius 3 is 2.30 bits per heavy atom. The predicted octanol–water partition coefficient (Wildman–Crippen LogP) is 6.24. The Morgan fingerprint density at radius 2 is 1.61 bits per heavy atom. The van der Waals surface area contributed by atoms with Gasteiger partial charge in [-0.05, 0) is 60.5 Å². The minimum atomic E-state index is -0.273. The first-order valence-electron chi connectivity index (χ1n) is 10.2. The summed E-state index contributed by atoms with van der Waals surface area (Å²) < 4.78 is 35.0. The van der Waals surface area contributed by atoms with E-state index in [0.717, 1.165) is 32.7 Å². The van der Waals surface area contributed by atoms with E-state index in [1.54, 1.807) is 24.3 Å². The van der Waals surface area contributed by atoms with Crippen LogP contribution in [0.5, 0.6) is 5.75 Å². The van der Waals surface area contributed by atoms with Crippen LogP contribution in [-0.4, -0.2) is 14.9 Å². The third-order valence-corrected chi connectivity index (χ3v) is 6.33. The highest BCUT2D eigenvalue weighted by Gasteiger charge is 2.12. The topological polar surface area (TPSA) is 52.0 Å². The van der Waals surface area contributed by atoms with Gasteiger partial charge in [0.1, 0.15) is 29.8 Å². The number of thioether (sulfide) groups is 1. The van der Waals surface area contributed by atoms with E-state index in [-0.39, 0.29) is 11.6 Å². The first kappa shape index (κ1) is 23.3. The quantitative estimate of drug-likeness (QED) is 0.259. The van der Waals surface area contributed by atoms with Crippen molar-refractivity contribution in [3.8, 4) is 5.75 Å². The van der Waals surface area contributed by atoms with Crippen LogP contribution < -0.4 is 10.2 Å². The molecule has 4 rings (SSSR count). The molecule has 0 aliphatic carbocycles. The molecule has 0 spiro atoms. The molecule has 1 aromatic heterocycles. The fourth-order valence-corrected chi connectivity index (χ4v) is 4.40. The number of nitrogens with zero attached hydrogens (tertiary/aromatic N) is 3. The summed E-state index contributed by atoms with van der Waals surface area (Å²) in [6.07, 6.45) is 0. The number of nitrogens with one attached hydrogen (secondary N) is 1. The number of ether oxygens (including phenoxy) is 1. The molecule has 0 radical (unpaired) electrons. The Balaban J connectivity index is 1.43. The van der Waals surface area contributed by atoms with Crippen molar-refractivity contribution in [3.05, 3.63) is 105 Å². The van der Waals surface area contributed by atoms with Crippen molar-refractivity contribution in [1.82, 2.24) is 14.9 Å². The molecule has 0 fully saturated rings. The van der Waals surface area contributed by atoms with Gasteiger partial charge in [-0.25, -0.2) is 13.5 Å². The highest BCUT2D eigenvalue weighted by molar-refractivity contribution is 9.10. The molecule has 0 amide bonds. The molecule has 4 aromatic rings. The van der Waals surface area contributed by atoms with Gasteiger partial charge in [-0.3, -0.25) is 0 Å². The number of aryl methyl sites for hydroxylation is 1. The van der Waals surface area contributed by atoms with Gasteiger partial charge in [0.15, 0.2) is 0 Å². The summed E-state index contributed by atoms with van der Waals surface area (Å²) in [5.41, 5.74) is 6.17. The minimum absolute atomic E-state index is 0.254. The third-order valence-electron chi connectivity index (χ3n) is 4.83. The van der Waals surface area contributed by atoms with Gasteiger partial charge in [-0.15, -0.1) is 10.2 Å². The first-order valence-corrected chi connectivity index (χ1v) is 11.9. The maximum atomic E-state index is 13.1. The van der Waals surface area contributed by atoms with Crippen LogP contribution in [0.15, 0.2) is 76.4 Å². The van der Waals surface area contributed by atoms with E-state index in [1.165, 1.54) is 36.0 Å². The summed E-state index contributed by atoms with van der Waals surface area (Å²) in [5, 5.41) is 9.14. The number of aromatic nitrogens is 3. The number of halogens is 3. The normalized spacial score (nSPS) is 10.9. The van der Waals surface area contributed by atoms with Crippen molar-refractivity contribution < 1.29 is 13.5 Å². The van der Waals surface area contributed by atoms with Crippen LogP contribution in [0.25, 0.3) is 0 Å². The lowest BCUT2D eigenvalue weighted by Crippen LogP contribution is -2.17. The van der Waals surface area contributed by atoms with Gasteiger partial charge in [0.25, 0.3) is 0 Å². The highest BCUT2D eigenvalue weighted by Crippen LogP contribution is 2.26. The van der Waals surface area contributed by atoms with E-state index >= 15 is 0 Å². The lowest BCUT2D eigenvalue weighted by atomic mass is 10.2. The molecule has 0 atom stereocenters. The van der Waals surface area contributed by atoms with Gasteiger partial charge >= 0.3 is 0 Å². The fraction of sp³-hybridized carbons (Fsp3) is 0.167. The fourth-order valence-electron chi connectivity index (χ4n) is 3.08. The Bertz CT molecular complexity index is 1220. The summed E-state index contributed by atoms with van der Waals surface area (Å²) >= 11 is 5.03. The molecule has 3 aromatic carbocycles. The Morgan fingerprint density at radius 1 is 0.939 bits per heavy atom. The van der Waals surface area contributed by atoms with Gasteiger partial charge in [-0.1, -0.05) is 52.0 Å². The molecule has 9 heteroatoms. The van der Waals surface area contributed by atoms with E-state index in [9.17, 15) is 8.78 Å². The molecule has 1 heterocycles. The van der Waals surface area contributed by atoms with E-state index in [1.807, 2.05) is 29.8 Å². The maximum Gasteiger partial charge on any atom is 0.210 e. The molecule has 0 saturated carbocycles. The summed E-state index contributed by atoms with van der Waals surface area (Å²) in [4.78, 5) is 0. The summed E-state index contributed by atoms with van der Waals surface area (Å²) in [6, 6.07) is 18.5. The van der Waals surface area contributed by atoms with E-state index in [4.69, 9.17) is 4.74 Å². The van der Waals surface area contributed by atoms with Crippen molar-refractivity contribution in [1.29, 1.82) is 0 Å². The van der Waals surface area contributed by atoms with Crippen molar-refractivity contribution >= 4 is 27.7 Å². The lowest BCUT2D eigenvalue weighted by molar-refractivity contribution is 0.303. The molecular weight excluding hydrogens is 510 g/mol. The van der Waals surface area contributed by atoms with Crippen LogP contribution in [0, 0.1) is 18.6 Å². The van der Waals surface area contributed by atoms with Crippen LogP contribution >= 0.6 is 27.7 Å². The number of hydrogen-bond donors (Lipinski definition) is 1. The molecule has 0 aliphatic heterocycles. The van der Waals surface area contributed by atoms with Crippen molar-refractivity contribution in [2.75, 3.05) is 5.43 Å². The number of rotatable bonds is 9. The van der Waals surface area contributed by atoms with Gasteiger partial charge in [-0.2, -0.15) is 0 Å². The lowest BCUT2D eigenvalue weighted by Gasteiger charge is -2.15. The third kappa shape index (κ3) is 6.33. The number of hydrogen-bond acceptors (Lipinski definition) is 5. The van der Waals surface area contributed by atoms with Crippen LogP contribution in [0.2, 0.25) is 0 Å². The standard InChI is InChI=1S/C24H21BrF2N4OS/c1-16-29-30-24(33-15-18-4-9-22(27)10-5-18)31(16)28-13-19-12-20(25)6-11-23(19)32-14-17-2-7-21(26)8-3-17/h2-12,28H,13-15H2,1H3. The molecular formula is C24H21BrF2N4OS. The van der Waals surface area contributed by atoms with E-state index in [0.29, 0.717) is 24.1 Å². The highest BCUT2D eigenvalue weighted by atomic mass is 79.9. The molecule has 0 aliphatic rings. The maximum absolute atomic E-state index is 13.1. The SMILES string of the molecule is Cc1nnc(SCc2ccc(F)cc2)n1NCc1cc(Br)ccc1OCc1ccc(F)cc1. The van der Waals surface area contributed by atoms with Gasteiger partial charge in [0, 0.05) is 15.8 Å². The number of benzene rings is 3. The minimum Gasteiger partial charge on any atom is -0.489 e. The molecule has 170 valence electrons. The second kappa shape index (κ2) is 10.8. The average molecular weight is 531 g/mol. The Labute approximate surface area is 203 Å². The van der Waals surface area contributed by atoms with Gasteiger partial charge < -0.3 is 10.2 Å². The zero-order chi connectivity index (χ0) is 23.2. The zero-order valence-corrected chi connectivity index (χ0v) is 20.2. The first-order chi connectivity index (χ1) is 16.0. The molecule has 5 nitrogen and oxygen atoms in total. The van der Waals surface area contributed by atoms with E-state index < -0.39 is 0 Å².